The van der Waals surface area contributed by atoms with Crippen LogP contribution in [0.5, 0.6) is 5.75 Å². The molecule has 116 valence electrons. The second kappa shape index (κ2) is 7.11. The van der Waals surface area contributed by atoms with Crippen LogP contribution in [-0.4, -0.2) is 17.6 Å². The molecule has 7 heteroatoms. The minimum absolute atomic E-state index is 0.106. The summed E-state index contributed by atoms with van der Waals surface area (Å²) in [5.74, 6) is -0.682. The highest BCUT2D eigenvalue weighted by atomic mass is 35.5. The minimum atomic E-state index is -0.665. The standard InChI is InChI=1S/C15H14ClFN2O3/c16-11-5-12(18)13(19-15(21)7-20)6-14(11)22-8-9-2-1-3-10(17)4-9/h1-6,20H,7-8,18H2,(H,19,21). The van der Waals surface area contributed by atoms with Gasteiger partial charge in [-0.3, -0.25) is 4.79 Å². The molecule has 0 spiro atoms. The molecule has 0 aromatic heterocycles. The van der Waals surface area contributed by atoms with Crippen LogP contribution in [-0.2, 0) is 11.4 Å². The van der Waals surface area contributed by atoms with E-state index in [2.05, 4.69) is 5.32 Å². The Kier molecular flexibility index (Phi) is 5.19. The summed E-state index contributed by atoms with van der Waals surface area (Å²) < 4.78 is 18.6. The number of aliphatic hydroxyl groups is 1. The van der Waals surface area contributed by atoms with Gasteiger partial charge in [-0.1, -0.05) is 23.7 Å². The smallest absolute Gasteiger partial charge is 0.250 e. The summed E-state index contributed by atoms with van der Waals surface area (Å²) in [6.45, 7) is -0.559. The van der Waals surface area contributed by atoms with Crippen molar-refractivity contribution in [3.05, 3.63) is 52.8 Å². The van der Waals surface area contributed by atoms with Gasteiger partial charge < -0.3 is 20.9 Å². The molecule has 0 aliphatic rings. The first-order valence-electron chi connectivity index (χ1n) is 6.36. The average molecular weight is 325 g/mol. The van der Waals surface area contributed by atoms with Crippen molar-refractivity contribution in [1.82, 2.24) is 0 Å². The highest BCUT2D eigenvalue weighted by Crippen LogP contribution is 2.33. The molecule has 22 heavy (non-hydrogen) atoms. The van der Waals surface area contributed by atoms with E-state index in [9.17, 15) is 9.18 Å². The normalized spacial score (nSPS) is 10.3. The van der Waals surface area contributed by atoms with Gasteiger partial charge in [0.25, 0.3) is 0 Å². The lowest BCUT2D eigenvalue weighted by Gasteiger charge is -2.13. The van der Waals surface area contributed by atoms with Gasteiger partial charge in [-0.15, -0.1) is 0 Å². The van der Waals surface area contributed by atoms with Crippen LogP contribution in [0.4, 0.5) is 15.8 Å². The number of carbonyl (C=O) groups excluding carboxylic acids is 1. The van der Waals surface area contributed by atoms with E-state index in [0.29, 0.717) is 5.56 Å². The van der Waals surface area contributed by atoms with Gasteiger partial charge in [0, 0.05) is 6.07 Å². The monoisotopic (exact) mass is 324 g/mol. The topological polar surface area (TPSA) is 84.6 Å². The van der Waals surface area contributed by atoms with Crippen molar-refractivity contribution < 1.29 is 19.0 Å². The molecule has 1 amide bonds. The first kappa shape index (κ1) is 16.1. The number of carbonyl (C=O) groups is 1. The second-order valence-electron chi connectivity index (χ2n) is 4.49. The van der Waals surface area contributed by atoms with E-state index >= 15 is 0 Å². The van der Waals surface area contributed by atoms with Crippen LogP contribution in [0.25, 0.3) is 0 Å². The van der Waals surface area contributed by atoms with Crippen LogP contribution in [0.1, 0.15) is 5.56 Å². The minimum Gasteiger partial charge on any atom is -0.487 e. The number of benzene rings is 2. The third-order valence-corrected chi connectivity index (χ3v) is 3.10. The Hall–Kier alpha value is -2.31. The number of nitrogen functional groups attached to an aromatic ring is 1. The first-order chi connectivity index (χ1) is 10.5. The Morgan fingerprint density at radius 1 is 1.36 bits per heavy atom. The van der Waals surface area contributed by atoms with Crippen LogP contribution >= 0.6 is 11.6 Å². The fourth-order valence-corrected chi connectivity index (χ4v) is 1.99. The van der Waals surface area contributed by atoms with E-state index in [4.69, 9.17) is 27.2 Å². The zero-order valence-electron chi connectivity index (χ0n) is 11.5. The van der Waals surface area contributed by atoms with Gasteiger partial charge in [0.2, 0.25) is 5.91 Å². The number of anilines is 2. The summed E-state index contributed by atoms with van der Waals surface area (Å²) in [5.41, 5.74) is 6.88. The van der Waals surface area contributed by atoms with Gasteiger partial charge in [-0.2, -0.15) is 0 Å². The molecular weight excluding hydrogens is 311 g/mol. The number of rotatable bonds is 5. The Morgan fingerprint density at radius 3 is 2.82 bits per heavy atom. The molecule has 0 aliphatic heterocycles. The van der Waals surface area contributed by atoms with Gasteiger partial charge in [-0.05, 0) is 23.8 Å². The number of hydrogen-bond acceptors (Lipinski definition) is 4. The van der Waals surface area contributed by atoms with Crippen LogP contribution in [0.2, 0.25) is 5.02 Å². The van der Waals surface area contributed by atoms with Crippen molar-refractivity contribution in [3.8, 4) is 5.75 Å². The van der Waals surface area contributed by atoms with Crippen molar-refractivity contribution >= 4 is 28.9 Å². The number of nitrogens with two attached hydrogens (primary N) is 1. The largest absolute Gasteiger partial charge is 0.487 e. The molecule has 0 saturated heterocycles. The fraction of sp³-hybridized carbons (Fsp3) is 0.133. The first-order valence-corrected chi connectivity index (χ1v) is 6.74. The Morgan fingerprint density at radius 2 is 2.14 bits per heavy atom. The van der Waals surface area contributed by atoms with Gasteiger partial charge in [-0.25, -0.2) is 4.39 Å². The molecule has 0 heterocycles. The van der Waals surface area contributed by atoms with Gasteiger partial charge >= 0.3 is 0 Å². The van der Waals surface area contributed by atoms with E-state index in [-0.39, 0.29) is 34.6 Å². The maximum absolute atomic E-state index is 13.1. The maximum Gasteiger partial charge on any atom is 0.250 e. The second-order valence-corrected chi connectivity index (χ2v) is 4.90. The van der Waals surface area contributed by atoms with E-state index in [1.807, 2.05) is 0 Å². The Bertz CT molecular complexity index is 694. The van der Waals surface area contributed by atoms with E-state index in [0.717, 1.165) is 0 Å². The van der Waals surface area contributed by atoms with E-state index in [1.165, 1.54) is 24.3 Å². The Balaban J connectivity index is 2.16. The maximum atomic E-state index is 13.1. The lowest BCUT2D eigenvalue weighted by molar-refractivity contribution is -0.118. The van der Waals surface area contributed by atoms with E-state index in [1.54, 1.807) is 12.1 Å². The highest BCUT2D eigenvalue weighted by molar-refractivity contribution is 6.32. The quantitative estimate of drug-likeness (QED) is 0.738. The number of aliphatic hydroxyl groups excluding tert-OH is 1. The molecule has 0 radical (unpaired) electrons. The van der Waals surface area contributed by atoms with Gasteiger partial charge in [0.1, 0.15) is 24.8 Å². The summed E-state index contributed by atoms with van der Waals surface area (Å²) >= 11 is 6.03. The van der Waals surface area contributed by atoms with Crippen molar-refractivity contribution in [2.24, 2.45) is 0 Å². The zero-order valence-corrected chi connectivity index (χ0v) is 12.2. The molecule has 0 aliphatic carbocycles. The number of ether oxygens (including phenoxy) is 1. The van der Waals surface area contributed by atoms with Gasteiger partial charge in [0.05, 0.1) is 16.4 Å². The highest BCUT2D eigenvalue weighted by Gasteiger charge is 2.10. The summed E-state index contributed by atoms with van der Waals surface area (Å²) in [5, 5.41) is 11.4. The average Bonchev–Trinajstić information content (AvgIpc) is 2.48. The van der Waals surface area contributed by atoms with Crippen LogP contribution < -0.4 is 15.8 Å². The van der Waals surface area contributed by atoms with Crippen molar-refractivity contribution in [2.75, 3.05) is 17.7 Å². The molecular formula is C15H14ClFN2O3. The molecule has 0 fully saturated rings. The van der Waals surface area contributed by atoms with Crippen LogP contribution in [0, 0.1) is 5.82 Å². The third kappa shape index (κ3) is 4.09. The lowest BCUT2D eigenvalue weighted by atomic mass is 10.2. The van der Waals surface area contributed by atoms with E-state index < -0.39 is 12.5 Å². The molecule has 0 unspecified atom stereocenters. The summed E-state index contributed by atoms with van der Waals surface area (Å²) in [7, 11) is 0. The number of hydrogen-bond donors (Lipinski definition) is 3. The SMILES string of the molecule is Nc1cc(Cl)c(OCc2cccc(F)c2)cc1NC(=O)CO. The molecule has 0 saturated carbocycles. The van der Waals surface area contributed by atoms with Crippen molar-refractivity contribution in [3.63, 3.8) is 0 Å². The molecule has 0 bridgehead atoms. The number of halogens is 2. The summed E-state index contributed by atoms with van der Waals surface area (Å²) in [6.07, 6.45) is 0. The third-order valence-electron chi connectivity index (χ3n) is 2.81. The zero-order chi connectivity index (χ0) is 16.1. The molecule has 2 aromatic carbocycles. The number of amides is 1. The molecule has 2 rings (SSSR count). The molecule has 0 atom stereocenters. The fourth-order valence-electron chi connectivity index (χ4n) is 1.77. The predicted octanol–water partition coefficient (Wildman–Crippen LogP) is 2.57. The predicted molar refractivity (Wildman–Crippen MR) is 82.3 cm³/mol. The van der Waals surface area contributed by atoms with Crippen LogP contribution in [0.15, 0.2) is 36.4 Å². The van der Waals surface area contributed by atoms with Crippen molar-refractivity contribution in [2.45, 2.75) is 6.61 Å². The number of nitrogens with one attached hydrogen (secondary N) is 1. The lowest BCUT2D eigenvalue weighted by Crippen LogP contribution is -2.16. The molecule has 4 N–H and O–H groups in total. The van der Waals surface area contributed by atoms with Gasteiger partial charge in [0.15, 0.2) is 0 Å². The molecule has 5 nitrogen and oxygen atoms in total. The van der Waals surface area contributed by atoms with Crippen molar-refractivity contribution in [1.29, 1.82) is 0 Å². The molecule has 2 aromatic rings. The summed E-state index contributed by atoms with van der Waals surface area (Å²) in [4.78, 5) is 11.2. The summed E-state index contributed by atoms with van der Waals surface area (Å²) in [6, 6.07) is 8.84. The Labute approximate surface area is 131 Å². The van der Waals surface area contributed by atoms with Crippen LogP contribution in [0.3, 0.4) is 0 Å².